The minimum Gasteiger partial charge on any atom is -0.496 e. The maximum Gasteiger partial charge on any atom is 0.273 e. The summed E-state index contributed by atoms with van der Waals surface area (Å²) in [6.45, 7) is 2.15. The van der Waals surface area contributed by atoms with Crippen molar-refractivity contribution in [3.8, 4) is 11.5 Å². The molecule has 0 aromatic heterocycles. The molecule has 0 unspecified atom stereocenters. The number of nitrogens with zero attached hydrogens (tertiary/aromatic N) is 1. The predicted molar refractivity (Wildman–Crippen MR) is 126 cm³/mol. The molecule has 1 heterocycles. The molecule has 2 aromatic rings. The number of para-hydroxylation sites is 1. The summed E-state index contributed by atoms with van der Waals surface area (Å²) in [5, 5.41) is 0. The Kier molecular flexibility index (Phi) is 7.85. The zero-order valence-corrected chi connectivity index (χ0v) is 19.0. The van der Waals surface area contributed by atoms with Gasteiger partial charge in [0, 0.05) is 0 Å². The van der Waals surface area contributed by atoms with Gasteiger partial charge in [0.05, 0.1) is 24.2 Å². The standard InChI is InChI=1S/C22H21N3O5S2/c1-3-30-15-10-8-14(9-11-15)12-18-21(28)25(22(31)32-18)13-19(26)23-24-20(27)16-6-4-5-7-17(16)29-2/h4-12H,3,13H2,1-2H3,(H,23,26)(H,24,27)/b18-12+. The number of thioether (sulfide) groups is 1. The van der Waals surface area contributed by atoms with Crippen molar-refractivity contribution in [2.75, 3.05) is 20.3 Å². The first-order valence-corrected chi connectivity index (χ1v) is 10.9. The first-order chi connectivity index (χ1) is 15.4. The minimum atomic E-state index is -0.591. The topological polar surface area (TPSA) is 97.0 Å². The number of carbonyl (C=O) groups excluding carboxylic acids is 3. The Morgan fingerprint density at radius 1 is 1.12 bits per heavy atom. The zero-order chi connectivity index (χ0) is 23.1. The number of nitrogens with one attached hydrogen (secondary N) is 2. The summed E-state index contributed by atoms with van der Waals surface area (Å²) in [5.41, 5.74) is 5.67. The van der Waals surface area contributed by atoms with Crippen LogP contribution in [0.25, 0.3) is 6.08 Å². The van der Waals surface area contributed by atoms with Crippen LogP contribution in [0.5, 0.6) is 11.5 Å². The Morgan fingerprint density at radius 2 is 1.84 bits per heavy atom. The van der Waals surface area contributed by atoms with Gasteiger partial charge in [-0.2, -0.15) is 0 Å². The number of methoxy groups -OCH3 is 1. The molecule has 1 fully saturated rings. The summed E-state index contributed by atoms with van der Waals surface area (Å²) in [6, 6.07) is 13.9. The monoisotopic (exact) mass is 471 g/mol. The highest BCUT2D eigenvalue weighted by atomic mass is 32.2. The molecule has 1 saturated heterocycles. The van der Waals surface area contributed by atoms with E-state index in [1.807, 2.05) is 31.2 Å². The van der Waals surface area contributed by atoms with Gasteiger partial charge in [-0.25, -0.2) is 0 Å². The van der Waals surface area contributed by atoms with Crippen LogP contribution in [0.2, 0.25) is 0 Å². The summed E-state index contributed by atoms with van der Waals surface area (Å²) in [7, 11) is 1.45. The number of hydrogen-bond acceptors (Lipinski definition) is 7. The van der Waals surface area contributed by atoms with Crippen LogP contribution in [-0.2, 0) is 9.59 Å². The van der Waals surface area contributed by atoms with Gasteiger partial charge in [-0.05, 0) is 42.8 Å². The second kappa shape index (κ2) is 10.8. The van der Waals surface area contributed by atoms with Crippen LogP contribution < -0.4 is 20.3 Å². The fourth-order valence-electron chi connectivity index (χ4n) is 2.82. The summed E-state index contributed by atoms with van der Waals surface area (Å²) >= 11 is 6.37. The third-order valence-corrected chi connectivity index (χ3v) is 5.71. The van der Waals surface area contributed by atoms with E-state index in [9.17, 15) is 14.4 Å². The van der Waals surface area contributed by atoms with Crippen molar-refractivity contribution in [1.82, 2.24) is 15.8 Å². The molecule has 0 spiro atoms. The lowest BCUT2D eigenvalue weighted by atomic mass is 10.2. The maximum absolute atomic E-state index is 12.7. The van der Waals surface area contributed by atoms with Crippen LogP contribution in [0.1, 0.15) is 22.8 Å². The molecular weight excluding hydrogens is 450 g/mol. The lowest BCUT2D eigenvalue weighted by Gasteiger charge is -2.15. The SMILES string of the molecule is CCOc1ccc(/C=C2/SC(=S)N(CC(=O)NNC(=O)c3ccccc3OC)C2=O)cc1. The van der Waals surface area contributed by atoms with Gasteiger partial charge in [-0.15, -0.1) is 0 Å². The first-order valence-electron chi connectivity index (χ1n) is 9.63. The Morgan fingerprint density at radius 3 is 2.53 bits per heavy atom. The molecule has 0 saturated carbocycles. The van der Waals surface area contributed by atoms with E-state index in [4.69, 9.17) is 21.7 Å². The first kappa shape index (κ1) is 23.3. The molecule has 1 aliphatic heterocycles. The number of hydrazine groups is 1. The number of benzene rings is 2. The molecule has 10 heteroatoms. The largest absolute Gasteiger partial charge is 0.496 e. The molecule has 32 heavy (non-hydrogen) atoms. The van der Waals surface area contributed by atoms with Crippen LogP contribution in [0.3, 0.4) is 0 Å². The molecule has 3 rings (SSSR count). The fraction of sp³-hybridized carbons (Fsp3) is 0.182. The number of ether oxygens (including phenoxy) is 2. The van der Waals surface area contributed by atoms with Crippen molar-refractivity contribution in [3.05, 3.63) is 64.6 Å². The van der Waals surface area contributed by atoms with E-state index in [-0.39, 0.29) is 22.3 Å². The van der Waals surface area contributed by atoms with Crippen molar-refractivity contribution < 1.29 is 23.9 Å². The van der Waals surface area contributed by atoms with E-state index in [1.54, 1.807) is 30.3 Å². The van der Waals surface area contributed by atoms with Crippen LogP contribution in [0.4, 0.5) is 0 Å². The van der Waals surface area contributed by atoms with Gasteiger partial charge < -0.3 is 9.47 Å². The maximum atomic E-state index is 12.7. The summed E-state index contributed by atoms with van der Waals surface area (Å²) in [5.74, 6) is -0.400. The second-order valence-electron chi connectivity index (χ2n) is 6.47. The van der Waals surface area contributed by atoms with Crippen LogP contribution in [0.15, 0.2) is 53.4 Å². The average Bonchev–Trinajstić information content (AvgIpc) is 3.06. The van der Waals surface area contributed by atoms with Gasteiger partial charge in [0.15, 0.2) is 0 Å². The Hall–Kier alpha value is -3.37. The van der Waals surface area contributed by atoms with Gasteiger partial charge in [0.1, 0.15) is 22.4 Å². The predicted octanol–water partition coefficient (Wildman–Crippen LogP) is 2.76. The van der Waals surface area contributed by atoms with Crippen LogP contribution in [0, 0.1) is 0 Å². The van der Waals surface area contributed by atoms with Crippen molar-refractivity contribution >= 4 is 52.1 Å². The highest BCUT2D eigenvalue weighted by Crippen LogP contribution is 2.32. The van der Waals surface area contributed by atoms with Crippen molar-refractivity contribution in [3.63, 3.8) is 0 Å². The Bertz CT molecular complexity index is 1070. The van der Waals surface area contributed by atoms with Gasteiger partial charge in [-0.1, -0.05) is 48.2 Å². The van der Waals surface area contributed by atoms with Crippen molar-refractivity contribution in [2.24, 2.45) is 0 Å². The molecule has 0 bridgehead atoms. The quantitative estimate of drug-likeness (QED) is 0.364. The second-order valence-corrected chi connectivity index (χ2v) is 8.15. The molecule has 0 atom stereocenters. The summed E-state index contributed by atoms with van der Waals surface area (Å²) in [6.07, 6.45) is 1.70. The highest BCUT2D eigenvalue weighted by Gasteiger charge is 2.33. The van der Waals surface area contributed by atoms with E-state index in [0.717, 1.165) is 23.1 Å². The lowest BCUT2D eigenvalue weighted by Crippen LogP contribution is -2.47. The fourth-order valence-corrected chi connectivity index (χ4v) is 4.08. The molecule has 2 N–H and O–H groups in total. The number of rotatable bonds is 7. The van der Waals surface area contributed by atoms with Gasteiger partial charge >= 0.3 is 0 Å². The van der Waals surface area contributed by atoms with E-state index < -0.39 is 11.8 Å². The Balaban J connectivity index is 1.58. The number of hydrogen-bond donors (Lipinski definition) is 2. The van der Waals surface area contributed by atoms with Crippen molar-refractivity contribution in [2.45, 2.75) is 6.92 Å². The normalized spacial score (nSPS) is 14.4. The zero-order valence-electron chi connectivity index (χ0n) is 17.4. The van der Waals surface area contributed by atoms with Gasteiger partial charge in [0.2, 0.25) is 0 Å². The lowest BCUT2D eigenvalue weighted by molar-refractivity contribution is -0.129. The van der Waals surface area contributed by atoms with E-state index >= 15 is 0 Å². The van der Waals surface area contributed by atoms with Gasteiger partial charge in [0.25, 0.3) is 17.7 Å². The molecule has 166 valence electrons. The number of carbonyl (C=O) groups is 3. The molecule has 1 aliphatic rings. The molecule has 0 aliphatic carbocycles. The van der Waals surface area contributed by atoms with Crippen LogP contribution in [-0.4, -0.2) is 47.2 Å². The van der Waals surface area contributed by atoms with E-state index in [1.165, 1.54) is 12.0 Å². The van der Waals surface area contributed by atoms with Crippen molar-refractivity contribution in [1.29, 1.82) is 0 Å². The average molecular weight is 472 g/mol. The minimum absolute atomic E-state index is 0.262. The number of thiocarbonyl (C=S) groups is 1. The Labute approximate surface area is 194 Å². The summed E-state index contributed by atoms with van der Waals surface area (Å²) in [4.78, 5) is 38.9. The van der Waals surface area contributed by atoms with E-state index in [2.05, 4.69) is 10.9 Å². The molecule has 3 amide bonds. The molecular formula is C22H21N3O5S2. The van der Waals surface area contributed by atoms with Crippen LogP contribution >= 0.6 is 24.0 Å². The summed E-state index contributed by atoms with van der Waals surface area (Å²) < 4.78 is 10.8. The smallest absolute Gasteiger partial charge is 0.273 e. The third kappa shape index (κ3) is 5.65. The molecule has 2 aromatic carbocycles. The van der Waals surface area contributed by atoms with Gasteiger partial charge in [-0.3, -0.25) is 30.1 Å². The molecule has 0 radical (unpaired) electrons. The highest BCUT2D eigenvalue weighted by molar-refractivity contribution is 8.26. The van der Waals surface area contributed by atoms with E-state index in [0.29, 0.717) is 17.3 Å². The molecule has 8 nitrogen and oxygen atoms in total. The third-order valence-electron chi connectivity index (χ3n) is 4.33. The number of amides is 3.